The highest BCUT2D eigenvalue weighted by Crippen LogP contribution is 2.44. The van der Waals surface area contributed by atoms with E-state index in [1.54, 1.807) is 37.3 Å². The molecule has 1 fully saturated rings. The Balaban J connectivity index is 1.79. The van der Waals surface area contributed by atoms with E-state index in [9.17, 15) is 19.5 Å². The highest BCUT2D eigenvalue weighted by Gasteiger charge is 2.49. The van der Waals surface area contributed by atoms with E-state index in [0.717, 1.165) is 29.1 Å². The summed E-state index contributed by atoms with van der Waals surface area (Å²) in [7, 11) is 0. The van der Waals surface area contributed by atoms with E-state index in [1.807, 2.05) is 13.8 Å². The van der Waals surface area contributed by atoms with Crippen LogP contribution in [0.1, 0.15) is 66.1 Å². The molecule has 40 heavy (non-hydrogen) atoms. The molecule has 1 N–H and O–H groups in total. The quantitative estimate of drug-likeness (QED) is 0.102. The number of unbranched alkanes of at least 4 members (excludes halogenated alkanes) is 1. The van der Waals surface area contributed by atoms with Crippen molar-refractivity contribution in [3.05, 3.63) is 81.6 Å². The van der Waals surface area contributed by atoms with E-state index in [4.69, 9.17) is 9.47 Å². The molecule has 1 aliphatic heterocycles. The number of rotatable bonds is 10. The van der Waals surface area contributed by atoms with Gasteiger partial charge in [0.1, 0.15) is 28.2 Å². The minimum Gasteiger partial charge on any atom is -0.507 e. The number of aryl methyl sites for hydroxylation is 1. The third-order valence-corrected chi connectivity index (χ3v) is 7.40. The summed E-state index contributed by atoms with van der Waals surface area (Å²) in [5.41, 5.74) is 0.281. The predicted octanol–water partition coefficient (Wildman–Crippen LogP) is 6.21. The van der Waals surface area contributed by atoms with Crippen LogP contribution >= 0.6 is 11.3 Å². The second-order valence-corrected chi connectivity index (χ2v) is 10.8. The number of ether oxygens (including phenoxy) is 2. The molecule has 8 nitrogen and oxygen atoms in total. The highest BCUT2D eigenvalue weighted by molar-refractivity contribution is 7.17. The number of esters is 1. The summed E-state index contributed by atoms with van der Waals surface area (Å²) in [5, 5.41) is 11.3. The smallest absolute Gasteiger partial charge is 0.350 e. The van der Waals surface area contributed by atoms with Crippen LogP contribution in [0.4, 0.5) is 9.52 Å². The first-order valence-electron chi connectivity index (χ1n) is 13.1. The van der Waals surface area contributed by atoms with Crippen molar-refractivity contribution in [2.24, 2.45) is 5.92 Å². The molecule has 0 bridgehead atoms. The number of hydrogen-bond donors (Lipinski definition) is 1. The Morgan fingerprint density at radius 1 is 1.15 bits per heavy atom. The van der Waals surface area contributed by atoms with Gasteiger partial charge in [0.05, 0.1) is 24.5 Å². The van der Waals surface area contributed by atoms with Gasteiger partial charge in [-0.1, -0.05) is 56.7 Å². The van der Waals surface area contributed by atoms with Gasteiger partial charge < -0.3 is 14.6 Å². The molecular formula is C30H31FN2O6S. The van der Waals surface area contributed by atoms with Gasteiger partial charge in [-0.05, 0) is 49.6 Å². The number of hydrogen-bond acceptors (Lipinski definition) is 8. The Morgan fingerprint density at radius 2 is 1.85 bits per heavy atom. The van der Waals surface area contributed by atoms with Crippen molar-refractivity contribution >= 4 is 39.9 Å². The third kappa shape index (κ3) is 5.91. The number of nitrogens with zero attached hydrogens (tertiary/aromatic N) is 2. The molecular weight excluding hydrogens is 535 g/mol. The van der Waals surface area contributed by atoms with Crippen molar-refractivity contribution in [3.8, 4) is 5.75 Å². The second kappa shape index (κ2) is 12.4. The van der Waals surface area contributed by atoms with Gasteiger partial charge in [-0.3, -0.25) is 14.5 Å². The van der Waals surface area contributed by atoms with Crippen molar-refractivity contribution in [2.75, 3.05) is 18.1 Å². The number of aliphatic hydroxyl groups excluding tert-OH is 1. The van der Waals surface area contributed by atoms with Crippen LogP contribution in [-0.4, -0.2) is 41.0 Å². The molecule has 1 saturated heterocycles. The molecule has 0 unspecified atom stereocenters. The van der Waals surface area contributed by atoms with E-state index in [2.05, 4.69) is 11.9 Å². The second-order valence-electron chi connectivity index (χ2n) is 9.82. The van der Waals surface area contributed by atoms with Gasteiger partial charge in [-0.2, -0.15) is 0 Å². The van der Waals surface area contributed by atoms with Crippen molar-refractivity contribution < 1.29 is 33.4 Å². The molecule has 0 saturated carbocycles. The van der Waals surface area contributed by atoms with Gasteiger partial charge in [0, 0.05) is 11.1 Å². The van der Waals surface area contributed by atoms with Crippen LogP contribution < -0.4 is 9.64 Å². The molecule has 1 atom stereocenters. The van der Waals surface area contributed by atoms with E-state index < -0.39 is 35.3 Å². The third-order valence-electron chi connectivity index (χ3n) is 6.26. The number of aromatic nitrogens is 1. The lowest BCUT2D eigenvalue weighted by Gasteiger charge is -2.23. The van der Waals surface area contributed by atoms with Crippen molar-refractivity contribution in [1.82, 2.24) is 4.98 Å². The average molecular weight is 567 g/mol. The lowest BCUT2D eigenvalue weighted by Crippen LogP contribution is -2.29. The average Bonchev–Trinajstić information content (AvgIpc) is 3.44. The van der Waals surface area contributed by atoms with Gasteiger partial charge in [0.15, 0.2) is 5.13 Å². The van der Waals surface area contributed by atoms with Crippen LogP contribution in [0.5, 0.6) is 5.75 Å². The Kier molecular flexibility index (Phi) is 8.99. The van der Waals surface area contributed by atoms with Gasteiger partial charge in [0.2, 0.25) is 0 Å². The fraction of sp³-hybridized carbons (Fsp3) is 0.333. The molecule has 0 radical (unpaired) electrons. The molecule has 10 heteroatoms. The summed E-state index contributed by atoms with van der Waals surface area (Å²) >= 11 is 0.872. The van der Waals surface area contributed by atoms with Crippen molar-refractivity contribution in [3.63, 3.8) is 0 Å². The first-order chi connectivity index (χ1) is 19.1. The lowest BCUT2D eigenvalue weighted by molar-refractivity contribution is -0.132. The Bertz CT molecular complexity index is 1450. The SMILES string of the molecule is CCCCOc1ccc(C(O)=C2C(=O)C(=O)N(c3nc(C)c(C(=O)OCC(C)C)s3)[C@@H]2c2ccccc2F)cc1. The number of thiazole rings is 1. The largest absolute Gasteiger partial charge is 0.507 e. The Hall–Kier alpha value is -4.05. The molecule has 0 spiro atoms. The van der Waals surface area contributed by atoms with Crippen LogP contribution in [0, 0.1) is 18.7 Å². The number of ketones is 1. The van der Waals surface area contributed by atoms with Gasteiger partial charge in [0.25, 0.3) is 5.78 Å². The van der Waals surface area contributed by atoms with Crippen LogP contribution in [0.3, 0.4) is 0 Å². The predicted molar refractivity (Wildman–Crippen MR) is 150 cm³/mol. The molecule has 1 aliphatic rings. The summed E-state index contributed by atoms with van der Waals surface area (Å²) in [6, 6.07) is 10.8. The number of benzene rings is 2. The summed E-state index contributed by atoms with van der Waals surface area (Å²) in [6.45, 7) is 8.19. The minimum atomic E-state index is -1.31. The zero-order chi connectivity index (χ0) is 29.0. The zero-order valence-electron chi connectivity index (χ0n) is 22.8. The highest BCUT2D eigenvalue weighted by atomic mass is 32.1. The van der Waals surface area contributed by atoms with E-state index in [1.165, 1.54) is 18.2 Å². The summed E-state index contributed by atoms with van der Waals surface area (Å²) in [4.78, 5) is 45.0. The summed E-state index contributed by atoms with van der Waals surface area (Å²) < 4.78 is 26.1. The molecule has 2 aromatic carbocycles. The normalized spacial score (nSPS) is 16.6. The van der Waals surface area contributed by atoms with E-state index >= 15 is 4.39 Å². The number of amides is 1. The van der Waals surface area contributed by atoms with E-state index in [0.29, 0.717) is 18.1 Å². The molecule has 4 rings (SSSR count). The Morgan fingerprint density at radius 3 is 2.50 bits per heavy atom. The maximum Gasteiger partial charge on any atom is 0.350 e. The first kappa shape index (κ1) is 28.9. The van der Waals surface area contributed by atoms with E-state index in [-0.39, 0.29) is 39.2 Å². The van der Waals surface area contributed by atoms with Gasteiger partial charge >= 0.3 is 11.9 Å². The lowest BCUT2D eigenvalue weighted by atomic mass is 9.95. The first-order valence-corrected chi connectivity index (χ1v) is 13.9. The molecule has 1 aromatic heterocycles. The number of carbonyl (C=O) groups is 3. The molecule has 210 valence electrons. The Labute approximate surface area is 236 Å². The molecule has 2 heterocycles. The fourth-order valence-electron chi connectivity index (χ4n) is 4.20. The number of aliphatic hydroxyl groups is 1. The van der Waals surface area contributed by atoms with Crippen LogP contribution in [0.15, 0.2) is 54.1 Å². The molecule has 1 amide bonds. The van der Waals surface area contributed by atoms with Crippen LogP contribution in [-0.2, 0) is 14.3 Å². The van der Waals surface area contributed by atoms with Crippen molar-refractivity contribution in [2.45, 2.75) is 46.6 Å². The zero-order valence-corrected chi connectivity index (χ0v) is 23.6. The molecule has 0 aliphatic carbocycles. The number of halogens is 1. The molecule has 3 aromatic rings. The van der Waals surface area contributed by atoms with Crippen LogP contribution in [0.25, 0.3) is 5.76 Å². The van der Waals surface area contributed by atoms with Gasteiger partial charge in [-0.15, -0.1) is 0 Å². The standard InChI is InChI=1S/C30H31FN2O6S/c1-5-6-15-38-20-13-11-19(12-14-20)25(34)23-24(21-9-7-8-10-22(21)31)33(28(36)26(23)35)30-32-18(4)27(40-30)29(37)39-16-17(2)3/h7-14,17,24,34H,5-6,15-16H2,1-4H3/t24-/m1/s1. The minimum absolute atomic E-state index is 0.000411. The number of anilines is 1. The summed E-state index contributed by atoms with van der Waals surface area (Å²) in [6.07, 6.45) is 1.87. The maximum absolute atomic E-state index is 15.2. The monoisotopic (exact) mass is 566 g/mol. The number of Topliss-reactive ketones (excluding diaryl/α,β-unsaturated/α-hetero) is 1. The number of carbonyl (C=O) groups excluding carboxylic acids is 3. The topological polar surface area (TPSA) is 106 Å². The summed E-state index contributed by atoms with van der Waals surface area (Å²) in [5.74, 6) is -3.01. The maximum atomic E-state index is 15.2. The van der Waals surface area contributed by atoms with Crippen molar-refractivity contribution in [1.29, 1.82) is 0 Å². The van der Waals surface area contributed by atoms with Crippen LogP contribution in [0.2, 0.25) is 0 Å². The van der Waals surface area contributed by atoms with Gasteiger partial charge in [-0.25, -0.2) is 14.2 Å². The fourth-order valence-corrected chi connectivity index (χ4v) is 5.19.